The quantitative estimate of drug-likeness (QED) is 0.211. The number of carboxylic acid groups (broad SMARTS) is 2. The maximum absolute atomic E-state index is 12.9. The molecule has 8 heteroatoms. The number of carbonyl (C=O) groups excluding carboxylic acids is 1. The molecule has 1 unspecified atom stereocenters. The van der Waals surface area contributed by atoms with Gasteiger partial charge in [-0.15, -0.1) is 0 Å². The first-order valence-electron chi connectivity index (χ1n) is 12.2. The van der Waals surface area contributed by atoms with Gasteiger partial charge in [-0.05, 0) is 67.4 Å². The lowest BCUT2D eigenvalue weighted by molar-refractivity contribution is -0.159. The van der Waals surface area contributed by atoms with Gasteiger partial charge in [-0.1, -0.05) is 56.3 Å². The molecule has 0 aliphatic heterocycles. The molecule has 0 saturated carbocycles. The van der Waals surface area contributed by atoms with Crippen LogP contribution in [0, 0.1) is 5.92 Å². The van der Waals surface area contributed by atoms with Gasteiger partial charge in [0.2, 0.25) is 0 Å². The number of unbranched alkanes of at least 4 members (excludes halogenated alkanes) is 1. The van der Waals surface area contributed by atoms with Gasteiger partial charge in [0.1, 0.15) is 5.76 Å². The zero-order chi connectivity index (χ0) is 26.3. The lowest BCUT2D eigenvalue weighted by Crippen LogP contribution is -2.25. The van der Waals surface area contributed by atoms with E-state index >= 15 is 0 Å². The van der Waals surface area contributed by atoms with Crippen LogP contribution < -0.4 is 0 Å². The summed E-state index contributed by atoms with van der Waals surface area (Å²) in [5, 5.41) is 17.2. The van der Waals surface area contributed by atoms with E-state index in [1.807, 2.05) is 24.3 Å². The van der Waals surface area contributed by atoms with Gasteiger partial charge in [-0.3, -0.25) is 4.79 Å². The molecule has 36 heavy (non-hydrogen) atoms. The Morgan fingerprint density at radius 2 is 1.58 bits per heavy atom. The van der Waals surface area contributed by atoms with Crippen molar-refractivity contribution in [1.82, 2.24) is 4.90 Å². The molecule has 0 amide bonds. The van der Waals surface area contributed by atoms with Crippen molar-refractivity contribution in [3.8, 4) is 0 Å². The molecular formula is C28H35NO7. The van der Waals surface area contributed by atoms with Crippen LogP contribution in [0.4, 0.5) is 0 Å². The molecule has 0 aliphatic rings. The van der Waals surface area contributed by atoms with Crippen molar-refractivity contribution >= 4 is 28.7 Å². The van der Waals surface area contributed by atoms with Crippen molar-refractivity contribution in [2.24, 2.45) is 5.92 Å². The Hall–Kier alpha value is -3.65. The third-order valence-corrected chi connectivity index (χ3v) is 5.90. The number of furan rings is 1. The van der Waals surface area contributed by atoms with Gasteiger partial charge in [-0.25, -0.2) is 9.59 Å². The molecule has 0 aliphatic carbocycles. The van der Waals surface area contributed by atoms with Gasteiger partial charge in [0.05, 0.1) is 18.8 Å². The zero-order valence-electron chi connectivity index (χ0n) is 20.9. The van der Waals surface area contributed by atoms with Crippen LogP contribution in [0.1, 0.15) is 38.0 Å². The smallest absolute Gasteiger partial charge is 0.414 e. The van der Waals surface area contributed by atoms with Crippen LogP contribution in [-0.2, 0) is 32.0 Å². The second-order valence-corrected chi connectivity index (χ2v) is 8.33. The van der Waals surface area contributed by atoms with E-state index in [9.17, 15) is 4.79 Å². The summed E-state index contributed by atoms with van der Waals surface area (Å²) in [4.78, 5) is 33.5. The van der Waals surface area contributed by atoms with E-state index < -0.39 is 11.9 Å². The topological polar surface area (TPSA) is 117 Å². The van der Waals surface area contributed by atoms with Gasteiger partial charge in [-0.2, -0.15) is 0 Å². The Morgan fingerprint density at radius 1 is 0.889 bits per heavy atom. The summed E-state index contributed by atoms with van der Waals surface area (Å²) in [7, 11) is 0. The minimum absolute atomic E-state index is 0.137. The Morgan fingerprint density at radius 3 is 2.22 bits per heavy atom. The van der Waals surface area contributed by atoms with Crippen LogP contribution >= 0.6 is 0 Å². The van der Waals surface area contributed by atoms with Crippen molar-refractivity contribution in [2.75, 3.05) is 26.2 Å². The van der Waals surface area contributed by atoms with E-state index in [4.69, 9.17) is 29.0 Å². The summed E-state index contributed by atoms with van der Waals surface area (Å²) in [5.41, 5.74) is 1.17. The summed E-state index contributed by atoms with van der Waals surface area (Å²) in [6, 6.07) is 18.4. The van der Waals surface area contributed by atoms with Crippen LogP contribution in [0.15, 0.2) is 65.3 Å². The third-order valence-electron chi connectivity index (χ3n) is 5.90. The predicted molar refractivity (Wildman–Crippen MR) is 137 cm³/mol. The number of rotatable bonds is 12. The number of fused-ring (bicyclic) bond motifs is 1. The Kier molecular flexibility index (Phi) is 12.2. The second kappa shape index (κ2) is 15.4. The molecule has 2 N–H and O–H groups in total. The molecule has 0 radical (unpaired) electrons. The number of carboxylic acids is 2. The van der Waals surface area contributed by atoms with Crippen LogP contribution in [0.25, 0.3) is 10.8 Å². The Balaban J connectivity index is 0.000000678. The highest BCUT2D eigenvalue weighted by molar-refractivity contribution is 6.27. The number of carbonyl (C=O) groups is 3. The van der Waals surface area contributed by atoms with E-state index in [-0.39, 0.29) is 11.9 Å². The SMILES string of the molecule is CCN(CC)CCCCOC(=O)C(Cc1ccco1)Cc1cccc2ccccc12.O=C(O)C(=O)O. The molecule has 1 atom stereocenters. The average Bonchev–Trinajstić information content (AvgIpc) is 3.39. The van der Waals surface area contributed by atoms with Crippen LogP contribution in [0.2, 0.25) is 0 Å². The number of hydrogen-bond donors (Lipinski definition) is 2. The molecule has 1 aromatic heterocycles. The van der Waals surface area contributed by atoms with Gasteiger partial charge in [0.25, 0.3) is 0 Å². The second-order valence-electron chi connectivity index (χ2n) is 8.33. The number of esters is 1. The summed E-state index contributed by atoms with van der Waals surface area (Å²) in [6.45, 7) is 8.01. The highest BCUT2D eigenvalue weighted by atomic mass is 16.5. The fourth-order valence-corrected chi connectivity index (χ4v) is 3.91. The van der Waals surface area contributed by atoms with E-state index in [0.29, 0.717) is 19.4 Å². The summed E-state index contributed by atoms with van der Waals surface area (Å²) in [5.74, 6) is -3.23. The molecule has 0 fully saturated rings. The predicted octanol–water partition coefficient (Wildman–Crippen LogP) is 4.66. The highest BCUT2D eigenvalue weighted by Crippen LogP contribution is 2.24. The number of nitrogens with zero attached hydrogens (tertiary/aromatic N) is 1. The van der Waals surface area contributed by atoms with Crippen molar-refractivity contribution in [3.63, 3.8) is 0 Å². The first kappa shape index (κ1) is 28.6. The standard InChI is InChI=1S/C26H33NO3.C2H2O4/c1-3-27(4-2)16-7-8-17-30-26(28)23(20-24-14-10-18-29-24)19-22-13-9-12-21-11-5-6-15-25(21)22;3-1(4)2(5)6/h5-6,9-15,18,23H,3-4,7-8,16-17,19-20H2,1-2H3;(H,3,4)(H,5,6). The molecule has 0 saturated heterocycles. The molecule has 8 nitrogen and oxygen atoms in total. The summed E-state index contributed by atoms with van der Waals surface area (Å²) < 4.78 is 11.2. The minimum Gasteiger partial charge on any atom is -0.473 e. The number of benzene rings is 2. The van der Waals surface area contributed by atoms with Crippen molar-refractivity contribution in [2.45, 2.75) is 39.5 Å². The zero-order valence-corrected chi connectivity index (χ0v) is 20.9. The van der Waals surface area contributed by atoms with Gasteiger partial charge in [0.15, 0.2) is 0 Å². The first-order chi connectivity index (χ1) is 17.3. The fourth-order valence-electron chi connectivity index (χ4n) is 3.91. The molecule has 0 bridgehead atoms. The molecule has 194 valence electrons. The number of ether oxygens (including phenoxy) is 1. The maximum atomic E-state index is 12.9. The van der Waals surface area contributed by atoms with Crippen LogP contribution in [-0.4, -0.2) is 59.3 Å². The third kappa shape index (κ3) is 9.54. The summed E-state index contributed by atoms with van der Waals surface area (Å²) in [6.07, 6.45) is 4.78. The van der Waals surface area contributed by atoms with E-state index in [2.05, 4.69) is 49.1 Å². The van der Waals surface area contributed by atoms with Crippen LogP contribution in [0.3, 0.4) is 0 Å². The molecule has 2 aromatic carbocycles. The maximum Gasteiger partial charge on any atom is 0.414 e. The Bertz CT molecular complexity index is 1070. The normalized spacial score (nSPS) is 11.5. The van der Waals surface area contributed by atoms with Crippen molar-refractivity contribution in [1.29, 1.82) is 0 Å². The van der Waals surface area contributed by atoms with Gasteiger partial charge in [0, 0.05) is 6.42 Å². The molecule has 1 heterocycles. The molecule has 3 rings (SSSR count). The van der Waals surface area contributed by atoms with E-state index in [1.165, 1.54) is 16.3 Å². The number of hydrogen-bond acceptors (Lipinski definition) is 6. The van der Waals surface area contributed by atoms with E-state index in [0.717, 1.165) is 38.2 Å². The molecular weight excluding hydrogens is 462 g/mol. The monoisotopic (exact) mass is 497 g/mol. The average molecular weight is 498 g/mol. The molecule has 0 spiro atoms. The van der Waals surface area contributed by atoms with E-state index in [1.54, 1.807) is 6.26 Å². The van der Waals surface area contributed by atoms with Crippen LogP contribution in [0.5, 0.6) is 0 Å². The van der Waals surface area contributed by atoms with Crippen molar-refractivity contribution in [3.05, 3.63) is 72.2 Å². The van der Waals surface area contributed by atoms with Crippen molar-refractivity contribution < 1.29 is 33.8 Å². The van der Waals surface area contributed by atoms with Gasteiger partial charge >= 0.3 is 17.9 Å². The first-order valence-corrected chi connectivity index (χ1v) is 12.2. The lowest BCUT2D eigenvalue weighted by Gasteiger charge is -2.18. The largest absolute Gasteiger partial charge is 0.473 e. The molecule has 3 aromatic rings. The van der Waals surface area contributed by atoms with Gasteiger partial charge < -0.3 is 24.3 Å². The highest BCUT2D eigenvalue weighted by Gasteiger charge is 2.23. The minimum atomic E-state index is -1.82. The lowest BCUT2D eigenvalue weighted by atomic mass is 9.92. The Labute approximate surface area is 211 Å². The number of aliphatic carboxylic acids is 2. The summed E-state index contributed by atoms with van der Waals surface area (Å²) >= 11 is 0. The fraction of sp³-hybridized carbons (Fsp3) is 0.393.